The Morgan fingerprint density at radius 1 is 0.969 bits per heavy atom. The zero-order valence-electron chi connectivity index (χ0n) is 18.1. The second-order valence-corrected chi connectivity index (χ2v) is 8.93. The molecule has 3 aromatic carbocycles. The molecule has 4 aromatic rings. The molecule has 4 rings (SSSR count). The van der Waals surface area contributed by atoms with Gasteiger partial charge in [0.05, 0.1) is 22.5 Å². The summed E-state index contributed by atoms with van der Waals surface area (Å²) < 4.78 is 0. The van der Waals surface area contributed by atoms with Gasteiger partial charge in [-0.05, 0) is 61.4 Å². The molecule has 1 aromatic heterocycles. The zero-order chi connectivity index (χ0) is 22.5. The van der Waals surface area contributed by atoms with Gasteiger partial charge in [0.25, 0.3) is 0 Å². The number of benzene rings is 3. The highest BCUT2D eigenvalue weighted by Crippen LogP contribution is 2.26. The number of anilines is 1. The first-order chi connectivity index (χ1) is 15.5. The summed E-state index contributed by atoms with van der Waals surface area (Å²) in [6.45, 7) is 4.64. The Morgan fingerprint density at radius 2 is 1.69 bits per heavy atom. The minimum atomic E-state index is 0.0514. The van der Waals surface area contributed by atoms with Crippen molar-refractivity contribution in [2.75, 3.05) is 17.2 Å². The highest BCUT2D eigenvalue weighted by atomic mass is 35.5. The number of hydrogen-bond acceptors (Lipinski definition) is 4. The van der Waals surface area contributed by atoms with Gasteiger partial charge >= 0.3 is 0 Å². The van der Waals surface area contributed by atoms with Crippen LogP contribution in [0, 0.1) is 6.92 Å². The third-order valence-electron chi connectivity index (χ3n) is 5.15. The molecule has 0 spiro atoms. The Hall–Kier alpha value is -2.89. The lowest BCUT2D eigenvalue weighted by Gasteiger charge is -2.21. The van der Waals surface area contributed by atoms with Crippen LogP contribution in [-0.2, 0) is 11.2 Å². The Morgan fingerprint density at radius 3 is 2.38 bits per heavy atom. The maximum Gasteiger partial charge on any atom is 0.237 e. The molecule has 0 saturated carbocycles. The fraction of sp³-hybridized carbons (Fsp3) is 0.192. The number of rotatable bonds is 7. The SMILES string of the molecule is CCN(C(=O)CSc1nc2ccccc2nc1Cc1ccc(Cl)cc1)c1cccc(C)c1. The lowest BCUT2D eigenvalue weighted by molar-refractivity contribution is -0.116. The molecule has 1 heterocycles. The van der Waals surface area contributed by atoms with E-state index in [1.165, 1.54) is 11.8 Å². The van der Waals surface area contributed by atoms with E-state index >= 15 is 0 Å². The van der Waals surface area contributed by atoms with E-state index < -0.39 is 0 Å². The summed E-state index contributed by atoms with van der Waals surface area (Å²) in [5, 5.41) is 1.49. The molecule has 0 aliphatic carbocycles. The fourth-order valence-electron chi connectivity index (χ4n) is 3.55. The van der Waals surface area contributed by atoms with Gasteiger partial charge in [-0.1, -0.05) is 59.8 Å². The van der Waals surface area contributed by atoms with Crippen LogP contribution in [-0.4, -0.2) is 28.2 Å². The monoisotopic (exact) mass is 461 g/mol. The van der Waals surface area contributed by atoms with E-state index in [1.54, 1.807) is 0 Å². The predicted molar refractivity (Wildman–Crippen MR) is 134 cm³/mol. The van der Waals surface area contributed by atoms with Gasteiger partial charge in [-0.25, -0.2) is 9.97 Å². The predicted octanol–water partition coefficient (Wildman–Crippen LogP) is 6.33. The molecule has 0 saturated heterocycles. The van der Waals surface area contributed by atoms with E-state index in [0.29, 0.717) is 23.7 Å². The van der Waals surface area contributed by atoms with Gasteiger partial charge in [0.1, 0.15) is 5.03 Å². The van der Waals surface area contributed by atoms with Crippen molar-refractivity contribution in [3.8, 4) is 0 Å². The van der Waals surface area contributed by atoms with Crippen LogP contribution < -0.4 is 4.90 Å². The van der Waals surface area contributed by atoms with Crippen molar-refractivity contribution in [1.82, 2.24) is 9.97 Å². The second kappa shape index (κ2) is 10.2. The molecule has 0 aliphatic heterocycles. The smallest absolute Gasteiger partial charge is 0.237 e. The average molecular weight is 462 g/mol. The minimum absolute atomic E-state index is 0.0514. The number of carbonyl (C=O) groups excluding carboxylic acids is 1. The van der Waals surface area contributed by atoms with Crippen LogP contribution in [0.4, 0.5) is 5.69 Å². The summed E-state index contributed by atoms with van der Waals surface area (Å²) in [5.41, 5.74) is 5.69. The summed E-state index contributed by atoms with van der Waals surface area (Å²) in [6, 6.07) is 23.6. The number of para-hydroxylation sites is 2. The quantitative estimate of drug-likeness (QED) is 0.302. The summed E-state index contributed by atoms with van der Waals surface area (Å²) in [7, 11) is 0. The molecular weight excluding hydrogens is 438 g/mol. The largest absolute Gasteiger partial charge is 0.312 e. The first kappa shape index (κ1) is 22.3. The van der Waals surface area contributed by atoms with Crippen LogP contribution >= 0.6 is 23.4 Å². The van der Waals surface area contributed by atoms with E-state index in [-0.39, 0.29) is 5.91 Å². The summed E-state index contributed by atoms with van der Waals surface area (Å²) in [4.78, 5) is 24.6. The Labute approximate surface area is 197 Å². The highest BCUT2D eigenvalue weighted by molar-refractivity contribution is 8.00. The number of nitrogens with zero attached hydrogens (tertiary/aromatic N) is 3. The summed E-state index contributed by atoms with van der Waals surface area (Å²) in [5.74, 6) is 0.345. The first-order valence-corrected chi connectivity index (χ1v) is 11.9. The molecule has 4 nitrogen and oxygen atoms in total. The maximum atomic E-state index is 13.1. The van der Waals surface area contributed by atoms with Gasteiger partial charge in [-0.15, -0.1) is 0 Å². The minimum Gasteiger partial charge on any atom is -0.312 e. The maximum absolute atomic E-state index is 13.1. The number of halogens is 1. The van der Waals surface area contributed by atoms with Crippen molar-refractivity contribution < 1.29 is 4.79 Å². The molecule has 0 fully saturated rings. The van der Waals surface area contributed by atoms with Crippen molar-refractivity contribution in [2.45, 2.75) is 25.3 Å². The van der Waals surface area contributed by atoms with E-state index in [9.17, 15) is 4.79 Å². The van der Waals surface area contributed by atoms with Gasteiger partial charge in [-0.2, -0.15) is 0 Å². The van der Waals surface area contributed by atoms with Gasteiger partial charge in [0.15, 0.2) is 0 Å². The summed E-state index contributed by atoms with van der Waals surface area (Å²) >= 11 is 7.48. The molecule has 0 radical (unpaired) electrons. The van der Waals surface area contributed by atoms with Crippen LogP contribution in [0.1, 0.15) is 23.7 Å². The number of aryl methyl sites for hydroxylation is 1. The second-order valence-electron chi connectivity index (χ2n) is 7.53. The van der Waals surface area contributed by atoms with E-state index in [2.05, 4.69) is 0 Å². The highest BCUT2D eigenvalue weighted by Gasteiger charge is 2.17. The van der Waals surface area contributed by atoms with Crippen LogP contribution in [0.5, 0.6) is 0 Å². The lowest BCUT2D eigenvalue weighted by atomic mass is 10.1. The topological polar surface area (TPSA) is 46.1 Å². The molecular formula is C26H24ClN3OS. The van der Waals surface area contributed by atoms with Crippen LogP contribution in [0.2, 0.25) is 5.02 Å². The van der Waals surface area contributed by atoms with Gasteiger partial charge in [0, 0.05) is 23.7 Å². The Balaban J connectivity index is 1.59. The van der Waals surface area contributed by atoms with Gasteiger partial charge in [-0.3, -0.25) is 4.79 Å². The van der Waals surface area contributed by atoms with Crippen molar-refractivity contribution >= 4 is 46.0 Å². The number of amides is 1. The number of hydrogen-bond donors (Lipinski definition) is 0. The van der Waals surface area contributed by atoms with Crippen molar-refractivity contribution in [3.63, 3.8) is 0 Å². The van der Waals surface area contributed by atoms with E-state index in [4.69, 9.17) is 21.6 Å². The summed E-state index contributed by atoms with van der Waals surface area (Å²) in [6.07, 6.45) is 0.626. The molecule has 6 heteroatoms. The first-order valence-electron chi connectivity index (χ1n) is 10.5. The molecule has 162 valence electrons. The van der Waals surface area contributed by atoms with Gasteiger partial charge < -0.3 is 4.90 Å². The molecule has 0 aliphatic rings. The number of fused-ring (bicyclic) bond motifs is 1. The van der Waals surface area contributed by atoms with Gasteiger partial charge in [0.2, 0.25) is 5.91 Å². The van der Waals surface area contributed by atoms with E-state index in [0.717, 1.165) is 38.6 Å². The Bertz CT molecular complexity index is 1240. The standard InChI is InChI=1S/C26H24ClN3OS/c1-3-30(21-8-6-7-18(2)15-21)25(31)17-32-26-24(16-19-11-13-20(27)14-12-19)28-22-9-4-5-10-23(22)29-26/h4-15H,3,16-17H2,1-2H3. The fourth-order valence-corrected chi connectivity index (χ4v) is 4.54. The van der Waals surface area contributed by atoms with Crippen molar-refractivity contribution in [2.24, 2.45) is 0 Å². The molecule has 0 atom stereocenters. The van der Waals surface area contributed by atoms with Crippen molar-refractivity contribution in [1.29, 1.82) is 0 Å². The molecule has 0 N–H and O–H groups in total. The third kappa shape index (κ3) is 5.29. The average Bonchev–Trinajstić information content (AvgIpc) is 2.79. The third-order valence-corrected chi connectivity index (χ3v) is 6.40. The number of aromatic nitrogens is 2. The lowest BCUT2D eigenvalue weighted by Crippen LogP contribution is -2.32. The van der Waals surface area contributed by atoms with Crippen LogP contribution in [0.25, 0.3) is 11.0 Å². The molecule has 32 heavy (non-hydrogen) atoms. The number of thioether (sulfide) groups is 1. The van der Waals surface area contributed by atoms with Crippen molar-refractivity contribution in [3.05, 3.63) is 94.6 Å². The molecule has 0 bridgehead atoms. The van der Waals surface area contributed by atoms with E-state index in [1.807, 2.05) is 91.5 Å². The normalized spacial score (nSPS) is 11.0. The van der Waals surface area contributed by atoms with Crippen LogP contribution in [0.3, 0.4) is 0 Å². The van der Waals surface area contributed by atoms with Crippen LogP contribution in [0.15, 0.2) is 77.8 Å². The molecule has 1 amide bonds. The Kier molecular flexibility index (Phi) is 7.08. The number of carbonyl (C=O) groups is 1. The zero-order valence-corrected chi connectivity index (χ0v) is 19.7. The molecule has 0 unspecified atom stereocenters.